The van der Waals surface area contributed by atoms with Gasteiger partial charge < -0.3 is 9.84 Å². The van der Waals surface area contributed by atoms with Crippen LogP contribution in [-0.2, 0) is 7.05 Å². The zero-order valence-corrected chi connectivity index (χ0v) is 13.3. The number of nitrogens with zero attached hydrogens (tertiary/aromatic N) is 3. The third-order valence-electron chi connectivity index (χ3n) is 3.88. The van der Waals surface area contributed by atoms with E-state index in [1.165, 1.54) is 16.3 Å². The van der Waals surface area contributed by atoms with Crippen LogP contribution in [0.25, 0.3) is 22.3 Å². The quantitative estimate of drug-likeness (QED) is 0.545. The van der Waals surface area contributed by atoms with Crippen LogP contribution in [0, 0.1) is 0 Å². The summed E-state index contributed by atoms with van der Waals surface area (Å²) in [6.07, 6.45) is 0.709. The molecule has 3 heterocycles. The van der Waals surface area contributed by atoms with Gasteiger partial charge in [0.05, 0.1) is 11.1 Å². The first-order chi connectivity index (χ1) is 11.1. The van der Waals surface area contributed by atoms with Gasteiger partial charge in [-0.1, -0.05) is 23.9 Å². The van der Waals surface area contributed by atoms with Crippen LogP contribution >= 0.6 is 11.8 Å². The Kier molecular flexibility index (Phi) is 3.14. The molecule has 0 spiro atoms. The Bertz CT molecular complexity index is 1000. The van der Waals surface area contributed by atoms with Crippen LogP contribution in [0.2, 0.25) is 0 Å². The summed E-state index contributed by atoms with van der Waals surface area (Å²) >= 11 is 1.39. The Balaban J connectivity index is 2.09. The minimum atomic E-state index is -1.15. The van der Waals surface area contributed by atoms with Gasteiger partial charge in [0.1, 0.15) is 5.75 Å². The Labute approximate surface area is 135 Å². The first kappa shape index (κ1) is 14.2. The summed E-state index contributed by atoms with van der Waals surface area (Å²) < 4.78 is 6.98. The molecule has 3 aromatic rings. The van der Waals surface area contributed by atoms with E-state index in [0.717, 1.165) is 5.56 Å². The standard InChI is InChI=1S/C16H13N3O3S/c1-19-14(20)10-7-9-12(17-13(10)18-16(19)23-2)8-5-3-4-6-11(8)22-15(9)21/h3-7,15,21H,1-2H3. The van der Waals surface area contributed by atoms with Crippen molar-refractivity contribution in [2.24, 2.45) is 7.05 Å². The van der Waals surface area contributed by atoms with E-state index in [0.29, 0.717) is 33.2 Å². The van der Waals surface area contributed by atoms with Crippen LogP contribution in [0.15, 0.2) is 40.3 Å². The van der Waals surface area contributed by atoms with Crippen molar-refractivity contribution in [3.8, 4) is 17.0 Å². The molecular formula is C16H13N3O3S. The second-order valence-corrected chi connectivity index (χ2v) is 6.00. The second kappa shape index (κ2) is 5.07. The highest BCUT2D eigenvalue weighted by atomic mass is 32.2. The predicted octanol–water partition coefficient (Wildman–Crippen LogP) is 2.10. The first-order valence-electron chi connectivity index (χ1n) is 7.00. The van der Waals surface area contributed by atoms with E-state index in [2.05, 4.69) is 9.97 Å². The molecule has 1 unspecified atom stereocenters. The SMILES string of the molecule is CSc1nc2nc3c(cc2c(=O)n1C)C(O)Oc1ccccc1-3. The largest absolute Gasteiger partial charge is 0.460 e. The number of hydrogen-bond acceptors (Lipinski definition) is 6. The van der Waals surface area contributed by atoms with Crippen molar-refractivity contribution < 1.29 is 9.84 Å². The molecule has 0 saturated carbocycles. The number of fused-ring (bicyclic) bond motifs is 4. The number of rotatable bonds is 1. The van der Waals surface area contributed by atoms with E-state index in [-0.39, 0.29) is 5.56 Å². The highest BCUT2D eigenvalue weighted by Crippen LogP contribution is 2.40. The van der Waals surface area contributed by atoms with Crippen LogP contribution < -0.4 is 10.3 Å². The molecule has 2 aromatic heterocycles. The second-order valence-electron chi connectivity index (χ2n) is 5.23. The molecule has 0 fully saturated rings. The van der Waals surface area contributed by atoms with E-state index in [1.54, 1.807) is 19.2 Å². The topological polar surface area (TPSA) is 77.2 Å². The highest BCUT2D eigenvalue weighted by Gasteiger charge is 2.27. The minimum Gasteiger partial charge on any atom is -0.460 e. The Hall–Kier alpha value is -2.38. The molecule has 0 radical (unpaired) electrons. The van der Waals surface area contributed by atoms with Crippen molar-refractivity contribution in [1.82, 2.24) is 14.5 Å². The van der Waals surface area contributed by atoms with Gasteiger partial charge in [-0.05, 0) is 24.5 Å². The van der Waals surface area contributed by atoms with Crippen molar-refractivity contribution >= 4 is 22.8 Å². The van der Waals surface area contributed by atoms with E-state index in [1.807, 2.05) is 24.5 Å². The number of aromatic nitrogens is 3. The molecule has 1 N–H and O–H groups in total. The van der Waals surface area contributed by atoms with Gasteiger partial charge in [0.25, 0.3) is 5.56 Å². The van der Waals surface area contributed by atoms with E-state index in [4.69, 9.17) is 4.74 Å². The normalized spacial score (nSPS) is 15.9. The number of aliphatic hydroxyl groups is 1. The van der Waals surface area contributed by atoms with E-state index < -0.39 is 6.29 Å². The van der Waals surface area contributed by atoms with E-state index >= 15 is 0 Å². The lowest BCUT2D eigenvalue weighted by Crippen LogP contribution is -2.22. The summed E-state index contributed by atoms with van der Waals surface area (Å²) in [5, 5.41) is 11.2. The maximum Gasteiger partial charge on any atom is 0.263 e. The average molecular weight is 327 g/mol. The van der Waals surface area contributed by atoms with Gasteiger partial charge in [0.15, 0.2) is 10.8 Å². The van der Waals surface area contributed by atoms with Crippen molar-refractivity contribution in [2.45, 2.75) is 11.4 Å². The number of benzene rings is 1. The monoisotopic (exact) mass is 327 g/mol. The lowest BCUT2D eigenvalue weighted by atomic mass is 10.0. The molecule has 116 valence electrons. The molecule has 0 amide bonds. The van der Waals surface area contributed by atoms with Crippen LogP contribution in [0.4, 0.5) is 0 Å². The summed E-state index contributed by atoms with van der Waals surface area (Å²) in [5.74, 6) is 0.563. The number of ether oxygens (including phenoxy) is 1. The molecule has 1 aliphatic heterocycles. The number of thioether (sulfide) groups is 1. The van der Waals surface area contributed by atoms with Gasteiger partial charge in [-0.2, -0.15) is 0 Å². The molecule has 1 aromatic carbocycles. The van der Waals surface area contributed by atoms with Gasteiger partial charge in [0.2, 0.25) is 6.29 Å². The van der Waals surface area contributed by atoms with Crippen LogP contribution in [-0.4, -0.2) is 25.9 Å². The number of aliphatic hydroxyl groups excluding tert-OH is 1. The van der Waals surface area contributed by atoms with Crippen LogP contribution in [0.5, 0.6) is 5.75 Å². The molecule has 6 nitrogen and oxygen atoms in total. The summed E-state index contributed by atoms with van der Waals surface area (Å²) in [6.45, 7) is 0. The van der Waals surface area contributed by atoms with Crippen molar-refractivity contribution in [1.29, 1.82) is 0 Å². The zero-order chi connectivity index (χ0) is 16.1. The molecular weight excluding hydrogens is 314 g/mol. The van der Waals surface area contributed by atoms with Crippen molar-refractivity contribution in [3.05, 3.63) is 46.2 Å². The highest BCUT2D eigenvalue weighted by molar-refractivity contribution is 7.98. The van der Waals surface area contributed by atoms with E-state index in [9.17, 15) is 9.90 Å². The third-order valence-corrected chi connectivity index (χ3v) is 4.62. The van der Waals surface area contributed by atoms with Crippen LogP contribution in [0.3, 0.4) is 0 Å². The lowest BCUT2D eigenvalue weighted by Gasteiger charge is -2.24. The summed E-state index contributed by atoms with van der Waals surface area (Å²) in [6, 6.07) is 8.98. The maximum atomic E-state index is 12.5. The first-order valence-corrected chi connectivity index (χ1v) is 8.22. The zero-order valence-electron chi connectivity index (χ0n) is 12.5. The molecule has 4 rings (SSSR count). The van der Waals surface area contributed by atoms with Crippen molar-refractivity contribution in [3.63, 3.8) is 0 Å². The Morgan fingerprint density at radius 1 is 1.30 bits per heavy atom. The number of para-hydroxylation sites is 1. The van der Waals surface area contributed by atoms with Crippen LogP contribution in [0.1, 0.15) is 11.9 Å². The van der Waals surface area contributed by atoms with Gasteiger partial charge in [0, 0.05) is 18.2 Å². The number of hydrogen-bond donors (Lipinski definition) is 1. The smallest absolute Gasteiger partial charge is 0.263 e. The fourth-order valence-electron chi connectivity index (χ4n) is 2.73. The summed E-state index contributed by atoms with van der Waals surface area (Å²) in [5.41, 5.74) is 2.04. The molecule has 1 atom stereocenters. The Morgan fingerprint density at radius 3 is 2.87 bits per heavy atom. The van der Waals surface area contributed by atoms with Gasteiger partial charge in [-0.15, -0.1) is 0 Å². The predicted molar refractivity (Wildman–Crippen MR) is 87.6 cm³/mol. The molecule has 23 heavy (non-hydrogen) atoms. The lowest BCUT2D eigenvalue weighted by molar-refractivity contribution is -0.0215. The molecule has 0 saturated heterocycles. The van der Waals surface area contributed by atoms with Crippen molar-refractivity contribution in [2.75, 3.05) is 6.26 Å². The van der Waals surface area contributed by atoms with Gasteiger partial charge in [-0.3, -0.25) is 9.36 Å². The fourth-order valence-corrected chi connectivity index (χ4v) is 3.26. The summed E-state index contributed by atoms with van der Waals surface area (Å²) in [7, 11) is 1.67. The molecule has 0 bridgehead atoms. The Morgan fingerprint density at radius 2 is 2.09 bits per heavy atom. The molecule has 0 aliphatic carbocycles. The molecule has 1 aliphatic rings. The summed E-state index contributed by atoms with van der Waals surface area (Å²) in [4.78, 5) is 21.5. The average Bonchev–Trinajstić information content (AvgIpc) is 2.57. The van der Waals surface area contributed by atoms with Gasteiger partial charge >= 0.3 is 0 Å². The third kappa shape index (κ3) is 2.04. The fraction of sp³-hybridized carbons (Fsp3) is 0.188. The maximum absolute atomic E-state index is 12.5. The number of pyridine rings is 1. The minimum absolute atomic E-state index is 0.194. The van der Waals surface area contributed by atoms with Gasteiger partial charge in [-0.25, -0.2) is 9.97 Å². The molecule has 7 heteroatoms.